The van der Waals surface area contributed by atoms with Crippen molar-refractivity contribution < 1.29 is 4.79 Å². The standard InChI is InChI=1S/C20H29ClN4OS/c1-15(2)13-22-20(23-14-19(26)24(3)4)25-11-9-18(10-12-25)27-17-7-5-16(21)6-8-17/h5-8,18H,1,9-14H2,2-4H3,(H,22,23). The maximum Gasteiger partial charge on any atom is 0.243 e. The van der Waals surface area contributed by atoms with E-state index in [2.05, 4.69) is 33.9 Å². The summed E-state index contributed by atoms with van der Waals surface area (Å²) in [5, 5.41) is 4.68. The van der Waals surface area contributed by atoms with Crippen molar-refractivity contribution >= 4 is 35.2 Å². The van der Waals surface area contributed by atoms with E-state index < -0.39 is 0 Å². The van der Waals surface area contributed by atoms with Gasteiger partial charge >= 0.3 is 0 Å². The van der Waals surface area contributed by atoms with E-state index in [9.17, 15) is 4.79 Å². The highest BCUT2D eigenvalue weighted by Crippen LogP contribution is 2.31. The second-order valence-corrected chi connectivity index (χ2v) is 8.81. The molecule has 0 radical (unpaired) electrons. The van der Waals surface area contributed by atoms with Crippen LogP contribution in [0, 0.1) is 0 Å². The van der Waals surface area contributed by atoms with Gasteiger partial charge in [-0.15, -0.1) is 11.8 Å². The Morgan fingerprint density at radius 1 is 1.33 bits per heavy atom. The van der Waals surface area contributed by atoms with Crippen LogP contribution in [0.1, 0.15) is 19.8 Å². The van der Waals surface area contributed by atoms with Crippen LogP contribution in [0.4, 0.5) is 0 Å². The van der Waals surface area contributed by atoms with Gasteiger partial charge in [-0.25, -0.2) is 4.99 Å². The Bertz CT molecular complexity index is 667. The average molecular weight is 409 g/mol. The van der Waals surface area contributed by atoms with Crippen molar-refractivity contribution in [3.63, 3.8) is 0 Å². The first kappa shape index (κ1) is 21.6. The smallest absolute Gasteiger partial charge is 0.243 e. The largest absolute Gasteiger partial charge is 0.353 e. The van der Waals surface area contributed by atoms with Crippen LogP contribution in [-0.4, -0.2) is 67.2 Å². The molecule has 0 saturated carbocycles. The van der Waals surface area contributed by atoms with Gasteiger partial charge in [0, 0.05) is 48.9 Å². The zero-order valence-corrected chi connectivity index (χ0v) is 17.9. The van der Waals surface area contributed by atoms with E-state index in [1.54, 1.807) is 19.0 Å². The van der Waals surface area contributed by atoms with Gasteiger partial charge in [-0.05, 0) is 44.0 Å². The Kier molecular flexibility index (Phi) is 8.51. The average Bonchev–Trinajstić information content (AvgIpc) is 2.64. The van der Waals surface area contributed by atoms with Gasteiger partial charge in [0.1, 0.15) is 6.54 Å². The van der Waals surface area contributed by atoms with Crippen LogP contribution in [0.3, 0.4) is 0 Å². The van der Waals surface area contributed by atoms with Gasteiger partial charge in [-0.1, -0.05) is 23.8 Å². The van der Waals surface area contributed by atoms with Gasteiger partial charge < -0.3 is 15.1 Å². The van der Waals surface area contributed by atoms with E-state index in [1.807, 2.05) is 30.8 Å². The molecule has 1 amide bonds. The number of piperidine rings is 1. The fraction of sp³-hybridized carbons (Fsp3) is 0.500. The van der Waals surface area contributed by atoms with Crippen LogP contribution in [0.2, 0.25) is 5.02 Å². The number of rotatable bonds is 6. The Hall–Kier alpha value is -1.66. The molecule has 1 N–H and O–H groups in total. The lowest BCUT2D eigenvalue weighted by molar-refractivity contribution is -0.127. The molecule has 148 valence electrons. The fourth-order valence-electron chi connectivity index (χ4n) is 2.67. The number of benzene rings is 1. The van der Waals surface area contributed by atoms with Crippen LogP contribution in [-0.2, 0) is 4.79 Å². The zero-order chi connectivity index (χ0) is 19.8. The van der Waals surface area contributed by atoms with Crippen molar-refractivity contribution in [3.8, 4) is 0 Å². The number of thioether (sulfide) groups is 1. The highest BCUT2D eigenvalue weighted by atomic mass is 35.5. The third kappa shape index (κ3) is 7.46. The van der Waals surface area contributed by atoms with E-state index in [0.717, 1.165) is 42.5 Å². The van der Waals surface area contributed by atoms with Crippen molar-refractivity contribution in [3.05, 3.63) is 41.4 Å². The topological polar surface area (TPSA) is 47.9 Å². The van der Waals surface area contributed by atoms with Crippen LogP contribution < -0.4 is 5.32 Å². The third-order valence-corrected chi connectivity index (χ3v) is 5.87. The third-order valence-electron chi connectivity index (χ3n) is 4.27. The van der Waals surface area contributed by atoms with Crippen LogP contribution in [0.5, 0.6) is 0 Å². The summed E-state index contributed by atoms with van der Waals surface area (Å²) in [5.41, 5.74) is 1.04. The number of carbonyl (C=O) groups is 1. The van der Waals surface area contributed by atoms with Crippen molar-refractivity contribution in [2.24, 2.45) is 4.99 Å². The van der Waals surface area contributed by atoms with Crippen molar-refractivity contribution in [2.75, 3.05) is 40.3 Å². The molecule has 0 aliphatic carbocycles. The normalized spacial score (nSPS) is 15.6. The van der Waals surface area contributed by atoms with Crippen LogP contribution >= 0.6 is 23.4 Å². The number of nitrogens with one attached hydrogen (secondary N) is 1. The van der Waals surface area contributed by atoms with Gasteiger partial charge in [0.15, 0.2) is 5.96 Å². The fourth-order valence-corrected chi connectivity index (χ4v) is 3.92. The van der Waals surface area contributed by atoms with Gasteiger partial charge in [-0.3, -0.25) is 4.79 Å². The molecular weight excluding hydrogens is 380 g/mol. The SMILES string of the molecule is C=C(C)CNC(=NCC(=O)N(C)C)N1CCC(Sc2ccc(Cl)cc2)CC1. The van der Waals surface area contributed by atoms with E-state index >= 15 is 0 Å². The maximum atomic E-state index is 11.9. The highest BCUT2D eigenvalue weighted by Gasteiger charge is 2.22. The molecule has 0 spiro atoms. The van der Waals surface area contributed by atoms with Gasteiger partial charge in [0.05, 0.1) is 0 Å². The Labute approximate surface area is 171 Å². The lowest BCUT2D eigenvalue weighted by atomic mass is 10.1. The lowest BCUT2D eigenvalue weighted by Gasteiger charge is -2.34. The summed E-state index contributed by atoms with van der Waals surface area (Å²) < 4.78 is 0. The summed E-state index contributed by atoms with van der Waals surface area (Å²) in [4.78, 5) is 21.5. The molecule has 1 aliphatic rings. The second-order valence-electron chi connectivity index (χ2n) is 7.00. The number of hydrogen-bond acceptors (Lipinski definition) is 3. The van der Waals surface area contributed by atoms with Crippen molar-refractivity contribution in [2.45, 2.75) is 29.9 Å². The van der Waals surface area contributed by atoms with Crippen molar-refractivity contribution in [1.82, 2.24) is 15.1 Å². The van der Waals surface area contributed by atoms with Gasteiger partial charge in [0.2, 0.25) is 5.91 Å². The molecule has 7 heteroatoms. The summed E-state index contributed by atoms with van der Waals surface area (Å²) in [7, 11) is 3.50. The van der Waals surface area contributed by atoms with Gasteiger partial charge in [0.25, 0.3) is 0 Å². The molecule has 1 aliphatic heterocycles. The quantitative estimate of drug-likeness (QED) is 0.444. The predicted octanol–water partition coefficient (Wildman–Crippen LogP) is 3.51. The molecule has 0 aromatic heterocycles. The lowest BCUT2D eigenvalue weighted by Crippen LogP contribution is -2.47. The molecule has 5 nitrogen and oxygen atoms in total. The number of nitrogens with zero attached hydrogens (tertiary/aromatic N) is 3. The molecule has 0 bridgehead atoms. The summed E-state index contributed by atoms with van der Waals surface area (Å²) >= 11 is 7.87. The molecule has 1 fully saturated rings. The number of amides is 1. The van der Waals surface area contributed by atoms with Crippen LogP contribution in [0.25, 0.3) is 0 Å². The molecule has 0 unspecified atom stereocenters. The van der Waals surface area contributed by atoms with E-state index in [0.29, 0.717) is 11.8 Å². The first-order valence-corrected chi connectivity index (χ1v) is 10.4. The number of aliphatic imine (C=N–C) groups is 1. The highest BCUT2D eigenvalue weighted by molar-refractivity contribution is 8.00. The van der Waals surface area contributed by atoms with E-state index in [1.165, 1.54) is 4.90 Å². The summed E-state index contributed by atoms with van der Waals surface area (Å²) in [5.74, 6) is 0.793. The first-order chi connectivity index (χ1) is 12.8. The summed E-state index contributed by atoms with van der Waals surface area (Å²) in [6.45, 7) is 8.57. The molecule has 1 aromatic rings. The van der Waals surface area contributed by atoms with Gasteiger partial charge in [-0.2, -0.15) is 0 Å². The summed E-state index contributed by atoms with van der Waals surface area (Å²) in [6.07, 6.45) is 2.14. The molecule has 0 atom stereocenters. The molecule has 1 heterocycles. The number of carbonyl (C=O) groups excluding carboxylic acids is 1. The number of likely N-dealkylation sites (N-methyl/N-ethyl adjacent to an activating group) is 1. The molecule has 27 heavy (non-hydrogen) atoms. The maximum absolute atomic E-state index is 11.9. The van der Waals surface area contributed by atoms with E-state index in [-0.39, 0.29) is 12.5 Å². The minimum absolute atomic E-state index is 0.00203. The Balaban J connectivity index is 1.93. The zero-order valence-electron chi connectivity index (χ0n) is 16.4. The Morgan fingerprint density at radius 3 is 2.52 bits per heavy atom. The predicted molar refractivity (Wildman–Crippen MR) is 116 cm³/mol. The molecule has 1 saturated heterocycles. The number of hydrogen-bond donors (Lipinski definition) is 1. The minimum atomic E-state index is -0.00203. The second kappa shape index (κ2) is 10.6. The molecule has 2 rings (SSSR count). The summed E-state index contributed by atoms with van der Waals surface area (Å²) in [6, 6.07) is 8.03. The minimum Gasteiger partial charge on any atom is -0.353 e. The number of likely N-dealkylation sites (tertiary alicyclic amines) is 1. The number of halogens is 1. The first-order valence-electron chi connectivity index (χ1n) is 9.15. The Morgan fingerprint density at radius 2 is 1.96 bits per heavy atom. The molecule has 1 aromatic carbocycles. The van der Waals surface area contributed by atoms with Crippen molar-refractivity contribution in [1.29, 1.82) is 0 Å². The monoisotopic (exact) mass is 408 g/mol. The number of guanidine groups is 1. The molecular formula is C20H29ClN4OS. The van der Waals surface area contributed by atoms with E-state index in [4.69, 9.17) is 11.6 Å². The van der Waals surface area contributed by atoms with Crippen LogP contribution in [0.15, 0.2) is 46.3 Å².